The lowest BCUT2D eigenvalue weighted by Crippen LogP contribution is -2.47. The first-order valence-corrected chi connectivity index (χ1v) is 5.81. The van der Waals surface area contributed by atoms with Crippen LogP contribution in [0.4, 0.5) is 5.69 Å². The molecule has 1 aliphatic heterocycles. The molecule has 2 rings (SSSR count). The number of hydrogen-bond donors (Lipinski definition) is 0. The van der Waals surface area contributed by atoms with Gasteiger partial charge in [0.1, 0.15) is 5.56 Å². The molecule has 1 aromatic rings. The van der Waals surface area contributed by atoms with Crippen LogP contribution in [0.5, 0.6) is 0 Å². The highest BCUT2D eigenvalue weighted by Gasteiger charge is 2.25. The molecule has 0 aromatic heterocycles. The van der Waals surface area contributed by atoms with E-state index in [9.17, 15) is 14.9 Å². The largest absolute Gasteiger partial charge is 0.336 e. The Morgan fingerprint density at radius 2 is 1.79 bits per heavy atom. The summed E-state index contributed by atoms with van der Waals surface area (Å²) in [5.41, 5.74) is 0.0495. The molecule has 7 heteroatoms. The van der Waals surface area contributed by atoms with Crippen molar-refractivity contribution in [3.05, 3.63) is 39.9 Å². The van der Waals surface area contributed by atoms with Gasteiger partial charge in [-0.05, 0) is 13.1 Å². The van der Waals surface area contributed by atoms with Crippen molar-refractivity contribution in [2.75, 3.05) is 33.2 Å². The fourth-order valence-electron chi connectivity index (χ4n) is 1.99. The molecule has 104 valence electrons. The summed E-state index contributed by atoms with van der Waals surface area (Å²) in [6.07, 6.45) is 0. The Morgan fingerprint density at radius 1 is 1.21 bits per heavy atom. The van der Waals surface area contributed by atoms with Crippen molar-refractivity contribution < 1.29 is 9.72 Å². The minimum atomic E-state index is -0.511. The fourth-order valence-corrected chi connectivity index (χ4v) is 1.99. The first-order chi connectivity index (χ1) is 8.59. The number of carbonyl (C=O) groups is 1. The predicted molar refractivity (Wildman–Crippen MR) is 73.7 cm³/mol. The zero-order valence-corrected chi connectivity index (χ0v) is 11.4. The number of hydrogen-bond acceptors (Lipinski definition) is 4. The van der Waals surface area contributed by atoms with Crippen LogP contribution < -0.4 is 0 Å². The molecule has 0 saturated carbocycles. The second-order valence-electron chi connectivity index (χ2n) is 4.37. The lowest BCUT2D eigenvalue weighted by Gasteiger charge is -2.32. The van der Waals surface area contributed by atoms with Crippen LogP contribution in [0.15, 0.2) is 24.3 Å². The van der Waals surface area contributed by atoms with E-state index in [4.69, 9.17) is 0 Å². The van der Waals surface area contributed by atoms with E-state index in [0.717, 1.165) is 13.1 Å². The quantitative estimate of drug-likeness (QED) is 0.608. The van der Waals surface area contributed by atoms with E-state index in [2.05, 4.69) is 4.90 Å². The van der Waals surface area contributed by atoms with Gasteiger partial charge >= 0.3 is 0 Å². The number of benzene rings is 1. The topological polar surface area (TPSA) is 66.7 Å². The van der Waals surface area contributed by atoms with Gasteiger partial charge in [0, 0.05) is 32.2 Å². The van der Waals surface area contributed by atoms with E-state index in [1.807, 2.05) is 7.05 Å². The summed E-state index contributed by atoms with van der Waals surface area (Å²) in [5.74, 6) is -0.254. The van der Waals surface area contributed by atoms with Crippen LogP contribution in [0.1, 0.15) is 10.4 Å². The highest BCUT2D eigenvalue weighted by atomic mass is 35.5. The smallest absolute Gasteiger partial charge is 0.282 e. The molecule has 0 N–H and O–H groups in total. The van der Waals surface area contributed by atoms with E-state index in [1.165, 1.54) is 12.1 Å². The monoisotopic (exact) mass is 285 g/mol. The molecular weight excluding hydrogens is 270 g/mol. The molecule has 1 aromatic carbocycles. The molecule has 1 fully saturated rings. The van der Waals surface area contributed by atoms with Crippen LogP contribution in [0.25, 0.3) is 0 Å². The number of para-hydroxylation sites is 1. The molecule has 1 saturated heterocycles. The Morgan fingerprint density at radius 3 is 2.37 bits per heavy atom. The Kier molecular flexibility index (Phi) is 5.26. The summed E-state index contributed by atoms with van der Waals surface area (Å²) in [7, 11) is 1.99. The van der Waals surface area contributed by atoms with Crippen LogP contribution in [-0.2, 0) is 0 Å². The van der Waals surface area contributed by atoms with Gasteiger partial charge in [0.05, 0.1) is 4.92 Å². The summed E-state index contributed by atoms with van der Waals surface area (Å²) < 4.78 is 0. The maximum Gasteiger partial charge on any atom is 0.282 e. The van der Waals surface area contributed by atoms with Gasteiger partial charge in [-0.1, -0.05) is 12.1 Å². The van der Waals surface area contributed by atoms with Crippen LogP contribution >= 0.6 is 12.4 Å². The number of rotatable bonds is 2. The zero-order chi connectivity index (χ0) is 13.1. The van der Waals surface area contributed by atoms with Crippen molar-refractivity contribution in [1.82, 2.24) is 9.80 Å². The van der Waals surface area contributed by atoms with Crippen molar-refractivity contribution in [2.45, 2.75) is 0 Å². The third-order valence-corrected chi connectivity index (χ3v) is 3.12. The van der Waals surface area contributed by atoms with E-state index in [1.54, 1.807) is 17.0 Å². The minimum Gasteiger partial charge on any atom is -0.336 e. The Hall–Kier alpha value is -1.66. The SMILES string of the molecule is CN1CCN(C(=O)c2ccccc2[N+](=O)[O-])CC1.Cl. The molecule has 1 amide bonds. The third kappa shape index (κ3) is 3.42. The van der Waals surface area contributed by atoms with E-state index >= 15 is 0 Å². The fraction of sp³-hybridized carbons (Fsp3) is 0.417. The lowest BCUT2D eigenvalue weighted by molar-refractivity contribution is -0.385. The lowest BCUT2D eigenvalue weighted by atomic mass is 10.1. The molecule has 6 nitrogen and oxygen atoms in total. The first kappa shape index (κ1) is 15.4. The third-order valence-electron chi connectivity index (χ3n) is 3.12. The van der Waals surface area contributed by atoms with Crippen molar-refractivity contribution in [1.29, 1.82) is 0 Å². The predicted octanol–water partition coefficient (Wildman–Crippen LogP) is 1.40. The maximum absolute atomic E-state index is 12.2. The molecule has 19 heavy (non-hydrogen) atoms. The molecular formula is C12H16ClN3O3. The summed E-state index contributed by atoms with van der Waals surface area (Å²) in [6.45, 7) is 2.82. The zero-order valence-electron chi connectivity index (χ0n) is 10.6. The highest BCUT2D eigenvalue weighted by molar-refractivity contribution is 5.98. The van der Waals surface area contributed by atoms with Gasteiger partial charge in [-0.3, -0.25) is 14.9 Å². The van der Waals surface area contributed by atoms with Gasteiger partial charge in [0.2, 0.25) is 0 Å². The Bertz CT molecular complexity index is 473. The van der Waals surface area contributed by atoms with Gasteiger partial charge in [-0.25, -0.2) is 0 Å². The molecule has 0 atom stereocenters. The average Bonchev–Trinajstić information content (AvgIpc) is 2.39. The van der Waals surface area contributed by atoms with Crippen LogP contribution in [0.2, 0.25) is 0 Å². The number of carbonyl (C=O) groups excluding carboxylic acids is 1. The minimum absolute atomic E-state index is 0. The van der Waals surface area contributed by atoms with Gasteiger partial charge in [0.25, 0.3) is 11.6 Å². The first-order valence-electron chi connectivity index (χ1n) is 5.81. The number of piperazine rings is 1. The molecule has 0 spiro atoms. The second kappa shape index (κ2) is 6.49. The normalized spacial score (nSPS) is 15.7. The summed E-state index contributed by atoms with van der Waals surface area (Å²) in [6, 6.07) is 6.09. The second-order valence-corrected chi connectivity index (χ2v) is 4.37. The van der Waals surface area contributed by atoms with Gasteiger partial charge in [-0.2, -0.15) is 0 Å². The van der Waals surface area contributed by atoms with Gasteiger partial charge < -0.3 is 9.80 Å². The molecule has 0 aliphatic carbocycles. The van der Waals surface area contributed by atoms with Gasteiger partial charge in [0.15, 0.2) is 0 Å². The molecule has 0 bridgehead atoms. The number of halogens is 1. The van der Waals surface area contributed by atoms with Crippen LogP contribution in [0, 0.1) is 10.1 Å². The van der Waals surface area contributed by atoms with Crippen molar-refractivity contribution in [2.24, 2.45) is 0 Å². The molecule has 0 unspecified atom stereocenters. The van der Waals surface area contributed by atoms with E-state index in [-0.39, 0.29) is 29.6 Å². The maximum atomic E-state index is 12.2. The number of nitro groups is 1. The standard InChI is InChI=1S/C12H15N3O3.ClH/c1-13-6-8-14(9-7-13)12(16)10-4-2-3-5-11(10)15(17)18;/h2-5H,6-9H2,1H3;1H. The van der Waals surface area contributed by atoms with E-state index < -0.39 is 4.92 Å². The Balaban J connectivity index is 0.00000180. The summed E-state index contributed by atoms with van der Waals surface area (Å²) in [4.78, 5) is 26.4. The number of likely N-dealkylation sites (N-methyl/N-ethyl adjacent to an activating group) is 1. The number of nitrogens with zero attached hydrogens (tertiary/aromatic N) is 3. The van der Waals surface area contributed by atoms with Crippen molar-refractivity contribution >= 4 is 24.0 Å². The average molecular weight is 286 g/mol. The number of nitro benzene ring substituents is 1. The van der Waals surface area contributed by atoms with Crippen molar-refractivity contribution in [3.8, 4) is 0 Å². The molecule has 0 radical (unpaired) electrons. The molecule has 1 aliphatic rings. The summed E-state index contributed by atoms with van der Waals surface area (Å²) in [5, 5.41) is 10.9. The molecule has 1 heterocycles. The highest BCUT2D eigenvalue weighted by Crippen LogP contribution is 2.20. The van der Waals surface area contributed by atoms with Gasteiger partial charge in [-0.15, -0.1) is 12.4 Å². The van der Waals surface area contributed by atoms with E-state index in [0.29, 0.717) is 13.1 Å². The van der Waals surface area contributed by atoms with Crippen LogP contribution in [0.3, 0.4) is 0 Å². The summed E-state index contributed by atoms with van der Waals surface area (Å²) >= 11 is 0. The van der Waals surface area contributed by atoms with Crippen LogP contribution in [-0.4, -0.2) is 53.9 Å². The Labute approximate surface area is 117 Å². The number of amides is 1. The van der Waals surface area contributed by atoms with Crippen molar-refractivity contribution in [3.63, 3.8) is 0 Å².